The van der Waals surface area contributed by atoms with Crippen LogP contribution in [-0.4, -0.2) is 25.1 Å². The average Bonchev–Trinajstić information content (AvgIpc) is 3.29. The summed E-state index contributed by atoms with van der Waals surface area (Å²) in [6.45, 7) is 0. The van der Waals surface area contributed by atoms with Gasteiger partial charge in [-0.3, -0.25) is 4.79 Å². The normalized spacial score (nSPS) is 10.5. The number of benzene rings is 3. The molecule has 150 valence electrons. The summed E-state index contributed by atoms with van der Waals surface area (Å²) < 4.78 is 16.5. The highest BCUT2D eigenvalue weighted by Crippen LogP contribution is 2.30. The Balaban J connectivity index is 1.64. The molecule has 0 spiro atoms. The van der Waals surface area contributed by atoms with E-state index in [1.807, 2.05) is 42.5 Å². The third-order valence-electron chi connectivity index (χ3n) is 4.58. The van der Waals surface area contributed by atoms with Crippen LogP contribution in [0, 0.1) is 0 Å². The molecule has 30 heavy (non-hydrogen) atoms. The molecule has 0 saturated carbocycles. The summed E-state index contributed by atoms with van der Waals surface area (Å²) in [6.07, 6.45) is 1.66. The van der Waals surface area contributed by atoms with Gasteiger partial charge in [-0.1, -0.05) is 42.5 Å². The van der Waals surface area contributed by atoms with Crippen LogP contribution in [0.1, 0.15) is 10.4 Å². The minimum Gasteiger partial charge on any atom is -0.497 e. The molecule has 4 rings (SSSR count). The van der Waals surface area contributed by atoms with E-state index >= 15 is 0 Å². The Hall–Kier alpha value is -4.06. The third-order valence-corrected chi connectivity index (χ3v) is 4.58. The van der Waals surface area contributed by atoms with Crippen LogP contribution < -0.4 is 14.8 Å². The van der Waals surface area contributed by atoms with Crippen LogP contribution >= 0.6 is 0 Å². The fourth-order valence-electron chi connectivity index (χ4n) is 3.08. The van der Waals surface area contributed by atoms with Gasteiger partial charge in [-0.2, -0.15) is 0 Å². The first kappa shape index (κ1) is 19.3. The van der Waals surface area contributed by atoms with E-state index in [1.54, 1.807) is 50.7 Å². The molecular formula is C24H20N2O4. The molecule has 0 bridgehead atoms. The number of hydrogen-bond donors (Lipinski definition) is 1. The number of carbonyl (C=O) groups is 1. The zero-order valence-electron chi connectivity index (χ0n) is 16.6. The molecule has 1 amide bonds. The predicted octanol–water partition coefficient (Wildman–Crippen LogP) is 5.28. The Bertz CT molecular complexity index is 1150. The fraction of sp³-hybridized carbons (Fsp3) is 0.0833. The van der Waals surface area contributed by atoms with Gasteiger partial charge in [-0.05, 0) is 12.1 Å². The molecular weight excluding hydrogens is 380 g/mol. The molecule has 0 saturated heterocycles. The number of aromatic nitrogens is 1. The van der Waals surface area contributed by atoms with Crippen molar-refractivity contribution in [2.24, 2.45) is 0 Å². The van der Waals surface area contributed by atoms with Crippen LogP contribution in [-0.2, 0) is 0 Å². The fourth-order valence-corrected chi connectivity index (χ4v) is 3.08. The number of nitrogens with zero attached hydrogens (tertiary/aromatic N) is 1. The van der Waals surface area contributed by atoms with Crippen molar-refractivity contribution < 1.29 is 18.7 Å². The van der Waals surface area contributed by atoms with Crippen molar-refractivity contribution >= 4 is 11.6 Å². The summed E-state index contributed by atoms with van der Waals surface area (Å²) in [5.41, 5.74) is 2.53. The lowest BCUT2D eigenvalue weighted by Crippen LogP contribution is -2.13. The minimum atomic E-state index is -0.291. The van der Waals surface area contributed by atoms with Crippen LogP contribution in [0.25, 0.3) is 22.8 Å². The van der Waals surface area contributed by atoms with E-state index in [4.69, 9.17) is 13.9 Å². The number of rotatable bonds is 6. The van der Waals surface area contributed by atoms with Gasteiger partial charge in [0.15, 0.2) is 5.76 Å². The van der Waals surface area contributed by atoms with Crippen LogP contribution in [0.5, 0.6) is 11.5 Å². The first-order chi connectivity index (χ1) is 14.7. The Morgan fingerprint density at radius 3 is 2.27 bits per heavy atom. The van der Waals surface area contributed by atoms with Gasteiger partial charge in [0.05, 0.1) is 26.0 Å². The van der Waals surface area contributed by atoms with E-state index in [-0.39, 0.29) is 5.91 Å². The highest BCUT2D eigenvalue weighted by molar-refractivity contribution is 6.08. The predicted molar refractivity (Wildman–Crippen MR) is 115 cm³/mol. The second kappa shape index (κ2) is 8.53. The van der Waals surface area contributed by atoms with Crippen LogP contribution in [0.4, 0.5) is 5.69 Å². The molecule has 0 radical (unpaired) electrons. The third kappa shape index (κ3) is 4.03. The second-order valence-corrected chi connectivity index (χ2v) is 6.50. The number of amides is 1. The van der Waals surface area contributed by atoms with Gasteiger partial charge in [-0.25, -0.2) is 4.98 Å². The van der Waals surface area contributed by atoms with Crippen LogP contribution in [0.3, 0.4) is 0 Å². The van der Waals surface area contributed by atoms with Gasteiger partial charge in [-0.15, -0.1) is 0 Å². The van der Waals surface area contributed by atoms with Crippen molar-refractivity contribution in [2.45, 2.75) is 0 Å². The SMILES string of the molecule is COc1cc(NC(=O)c2ccccc2-c2ncc(-c3ccccc3)o2)cc(OC)c1. The second-order valence-electron chi connectivity index (χ2n) is 6.50. The van der Waals surface area contributed by atoms with Gasteiger partial charge in [0.1, 0.15) is 11.5 Å². The van der Waals surface area contributed by atoms with Crippen molar-refractivity contribution in [2.75, 3.05) is 19.5 Å². The van der Waals surface area contributed by atoms with Gasteiger partial charge in [0.2, 0.25) is 5.89 Å². The van der Waals surface area contributed by atoms with Crippen molar-refractivity contribution in [3.63, 3.8) is 0 Å². The van der Waals surface area contributed by atoms with Crippen molar-refractivity contribution in [3.05, 3.63) is 84.6 Å². The molecule has 0 aliphatic carbocycles. The molecule has 4 aromatic rings. The van der Waals surface area contributed by atoms with E-state index in [9.17, 15) is 4.79 Å². The lowest BCUT2D eigenvalue weighted by Gasteiger charge is -2.11. The lowest BCUT2D eigenvalue weighted by molar-refractivity contribution is 0.102. The maximum absolute atomic E-state index is 13.0. The zero-order chi connectivity index (χ0) is 20.9. The summed E-state index contributed by atoms with van der Waals surface area (Å²) in [5, 5.41) is 2.89. The van der Waals surface area contributed by atoms with Gasteiger partial charge in [0, 0.05) is 35.0 Å². The molecule has 0 fully saturated rings. The highest BCUT2D eigenvalue weighted by Gasteiger charge is 2.17. The maximum atomic E-state index is 13.0. The average molecular weight is 400 g/mol. The van der Waals surface area contributed by atoms with E-state index in [0.29, 0.717) is 40.0 Å². The smallest absolute Gasteiger partial charge is 0.256 e. The van der Waals surface area contributed by atoms with Crippen molar-refractivity contribution in [1.29, 1.82) is 0 Å². The first-order valence-corrected chi connectivity index (χ1v) is 9.33. The Labute approximate surface area is 174 Å². The molecule has 1 aromatic heterocycles. The number of ether oxygens (including phenoxy) is 2. The molecule has 3 aromatic carbocycles. The van der Waals surface area contributed by atoms with E-state index < -0.39 is 0 Å². The first-order valence-electron chi connectivity index (χ1n) is 9.33. The number of oxazole rings is 1. The zero-order valence-corrected chi connectivity index (χ0v) is 16.6. The summed E-state index contributed by atoms with van der Waals surface area (Å²) in [6, 6.07) is 22.1. The Morgan fingerprint density at radius 1 is 0.900 bits per heavy atom. The molecule has 1 N–H and O–H groups in total. The Morgan fingerprint density at radius 2 is 1.57 bits per heavy atom. The van der Waals surface area contributed by atoms with Crippen molar-refractivity contribution in [1.82, 2.24) is 4.98 Å². The highest BCUT2D eigenvalue weighted by atomic mass is 16.5. The number of carbonyl (C=O) groups excluding carboxylic acids is 1. The molecule has 1 heterocycles. The van der Waals surface area contributed by atoms with Crippen LogP contribution in [0.2, 0.25) is 0 Å². The summed E-state index contributed by atoms with van der Waals surface area (Å²) in [7, 11) is 3.12. The standard InChI is InChI=1S/C24H20N2O4/c1-28-18-12-17(13-19(14-18)29-2)26-23(27)20-10-6-7-11-21(20)24-25-15-22(30-24)16-8-4-3-5-9-16/h3-15H,1-2H3,(H,26,27). The monoisotopic (exact) mass is 400 g/mol. The number of anilines is 1. The minimum absolute atomic E-state index is 0.291. The van der Waals surface area contributed by atoms with Gasteiger partial charge >= 0.3 is 0 Å². The maximum Gasteiger partial charge on any atom is 0.256 e. The number of hydrogen-bond acceptors (Lipinski definition) is 5. The quantitative estimate of drug-likeness (QED) is 0.477. The number of nitrogens with one attached hydrogen (secondary N) is 1. The Kier molecular flexibility index (Phi) is 5.48. The summed E-state index contributed by atoms with van der Waals surface area (Å²) >= 11 is 0. The van der Waals surface area contributed by atoms with E-state index in [1.165, 1.54) is 0 Å². The van der Waals surface area contributed by atoms with E-state index in [2.05, 4.69) is 10.3 Å². The van der Waals surface area contributed by atoms with E-state index in [0.717, 1.165) is 5.56 Å². The molecule has 0 aliphatic heterocycles. The molecule has 6 nitrogen and oxygen atoms in total. The molecule has 0 unspecified atom stereocenters. The van der Waals surface area contributed by atoms with Gasteiger partial charge < -0.3 is 19.2 Å². The van der Waals surface area contributed by atoms with Crippen LogP contribution in [0.15, 0.2) is 83.4 Å². The number of methoxy groups -OCH3 is 2. The topological polar surface area (TPSA) is 73.6 Å². The summed E-state index contributed by atoms with van der Waals surface area (Å²) in [4.78, 5) is 17.4. The molecule has 6 heteroatoms. The van der Waals surface area contributed by atoms with Gasteiger partial charge in [0.25, 0.3) is 5.91 Å². The van der Waals surface area contributed by atoms with Crippen molar-refractivity contribution in [3.8, 4) is 34.3 Å². The summed E-state index contributed by atoms with van der Waals surface area (Å²) in [5.74, 6) is 1.89. The lowest BCUT2D eigenvalue weighted by atomic mass is 10.1. The molecule has 0 aliphatic rings. The largest absolute Gasteiger partial charge is 0.497 e. The molecule has 0 atom stereocenters.